The zero-order chi connectivity index (χ0) is 20.9. The van der Waals surface area contributed by atoms with Gasteiger partial charge in [0.15, 0.2) is 17.5 Å². The first-order valence-electron chi connectivity index (χ1n) is 9.65. The Morgan fingerprint density at radius 1 is 1.07 bits per heavy atom. The summed E-state index contributed by atoms with van der Waals surface area (Å²) >= 11 is 0. The van der Waals surface area contributed by atoms with Crippen molar-refractivity contribution >= 4 is 5.96 Å². The van der Waals surface area contributed by atoms with Gasteiger partial charge in [-0.2, -0.15) is 0 Å². The van der Waals surface area contributed by atoms with Gasteiger partial charge in [-0.3, -0.25) is 0 Å². The van der Waals surface area contributed by atoms with Gasteiger partial charge in [0.1, 0.15) is 0 Å². The molecule has 0 amide bonds. The first-order valence-corrected chi connectivity index (χ1v) is 9.65. The van der Waals surface area contributed by atoms with E-state index in [-0.39, 0.29) is 17.1 Å². The summed E-state index contributed by atoms with van der Waals surface area (Å²) in [6, 6.07) is 4.13. The second-order valence-corrected chi connectivity index (χ2v) is 7.79. The van der Waals surface area contributed by atoms with Gasteiger partial charge in [-0.15, -0.1) is 0 Å². The highest BCUT2D eigenvalue weighted by atomic mass is 16.5. The van der Waals surface area contributed by atoms with Crippen molar-refractivity contribution in [3.63, 3.8) is 0 Å². The van der Waals surface area contributed by atoms with Crippen molar-refractivity contribution in [2.24, 2.45) is 10.4 Å². The Balaban J connectivity index is 2.17. The van der Waals surface area contributed by atoms with Crippen molar-refractivity contribution in [3.8, 4) is 17.2 Å². The lowest BCUT2D eigenvalue weighted by Gasteiger charge is -2.59. The van der Waals surface area contributed by atoms with Gasteiger partial charge < -0.3 is 29.6 Å². The Kier molecular flexibility index (Phi) is 7.04. The minimum Gasteiger partial charge on any atom is -0.493 e. The monoisotopic (exact) mass is 393 g/mol. The quantitative estimate of drug-likeness (QED) is 0.523. The topological polar surface area (TPSA) is 73.3 Å². The summed E-state index contributed by atoms with van der Waals surface area (Å²) in [4.78, 5) is 4.75. The lowest BCUT2D eigenvalue weighted by molar-refractivity contribution is -0.176. The molecule has 1 aliphatic carbocycles. The lowest BCUT2D eigenvalue weighted by Crippen LogP contribution is -2.69. The minimum atomic E-state index is -0.126. The summed E-state index contributed by atoms with van der Waals surface area (Å²) in [5.74, 6) is 2.62. The fourth-order valence-electron chi connectivity index (χ4n) is 3.61. The summed E-state index contributed by atoms with van der Waals surface area (Å²) in [7, 11) is 6.60. The van der Waals surface area contributed by atoms with Crippen LogP contribution in [0.3, 0.4) is 0 Å². The number of hydrogen-bond acceptors (Lipinski definition) is 5. The first kappa shape index (κ1) is 22.1. The molecule has 2 rings (SSSR count). The number of rotatable bonds is 8. The number of aliphatic imine (C=N–C) groups is 1. The highest BCUT2D eigenvalue weighted by Crippen LogP contribution is 2.51. The van der Waals surface area contributed by atoms with E-state index in [4.69, 9.17) is 23.9 Å². The number of nitrogens with one attached hydrogen (secondary N) is 2. The van der Waals surface area contributed by atoms with Crippen LogP contribution in [-0.2, 0) is 11.3 Å². The SMILES string of the molecule is CCNC(=NCc1cc(OC)c(OC)c(OC)c1)NC1CC(C)(OC)C1(C)C. The summed E-state index contributed by atoms with van der Waals surface area (Å²) in [6.07, 6.45) is 0.936. The van der Waals surface area contributed by atoms with E-state index in [2.05, 4.69) is 38.3 Å². The van der Waals surface area contributed by atoms with Crippen molar-refractivity contribution in [2.45, 2.75) is 52.3 Å². The molecule has 28 heavy (non-hydrogen) atoms. The van der Waals surface area contributed by atoms with E-state index in [1.165, 1.54) is 0 Å². The van der Waals surface area contributed by atoms with Crippen LogP contribution in [0.2, 0.25) is 0 Å². The molecule has 1 aromatic carbocycles. The van der Waals surface area contributed by atoms with Crippen molar-refractivity contribution in [3.05, 3.63) is 17.7 Å². The van der Waals surface area contributed by atoms with Crippen molar-refractivity contribution < 1.29 is 18.9 Å². The van der Waals surface area contributed by atoms with Gasteiger partial charge in [0.05, 0.1) is 33.5 Å². The molecule has 0 saturated heterocycles. The van der Waals surface area contributed by atoms with Crippen LogP contribution in [-0.4, -0.2) is 52.6 Å². The molecule has 0 aliphatic heterocycles. The van der Waals surface area contributed by atoms with Crippen LogP contribution in [0.5, 0.6) is 17.2 Å². The molecular weight excluding hydrogens is 358 g/mol. The minimum absolute atomic E-state index is 0.00446. The number of hydrogen-bond donors (Lipinski definition) is 2. The Hall–Kier alpha value is -2.15. The van der Waals surface area contributed by atoms with E-state index in [0.717, 1.165) is 24.5 Å². The zero-order valence-electron chi connectivity index (χ0n) is 18.4. The van der Waals surface area contributed by atoms with Gasteiger partial charge >= 0.3 is 0 Å². The zero-order valence-corrected chi connectivity index (χ0v) is 18.4. The number of benzene rings is 1. The molecule has 2 N–H and O–H groups in total. The Morgan fingerprint density at radius 2 is 1.68 bits per heavy atom. The van der Waals surface area contributed by atoms with Crippen LogP contribution in [0, 0.1) is 5.41 Å². The van der Waals surface area contributed by atoms with Gasteiger partial charge in [0.25, 0.3) is 0 Å². The molecule has 0 bridgehead atoms. The van der Waals surface area contributed by atoms with Gasteiger partial charge in [-0.1, -0.05) is 13.8 Å². The van der Waals surface area contributed by atoms with E-state index in [9.17, 15) is 0 Å². The second kappa shape index (κ2) is 8.90. The Labute approximate surface area is 168 Å². The summed E-state index contributed by atoms with van der Waals surface area (Å²) < 4.78 is 22.0. The Morgan fingerprint density at radius 3 is 2.11 bits per heavy atom. The molecule has 1 saturated carbocycles. The average molecular weight is 394 g/mol. The van der Waals surface area contributed by atoms with E-state index in [0.29, 0.717) is 23.8 Å². The van der Waals surface area contributed by atoms with Crippen molar-refractivity contribution in [1.82, 2.24) is 10.6 Å². The molecule has 1 aromatic rings. The van der Waals surface area contributed by atoms with Crippen LogP contribution in [0.1, 0.15) is 39.7 Å². The van der Waals surface area contributed by atoms with Crippen LogP contribution >= 0.6 is 0 Å². The van der Waals surface area contributed by atoms with Gasteiger partial charge in [-0.25, -0.2) is 4.99 Å². The Bertz CT molecular complexity index is 680. The van der Waals surface area contributed by atoms with Gasteiger partial charge in [-0.05, 0) is 38.0 Å². The third-order valence-electron chi connectivity index (χ3n) is 6.08. The number of methoxy groups -OCH3 is 4. The molecular formula is C21H35N3O4. The normalized spacial score (nSPS) is 23.6. The summed E-state index contributed by atoms with van der Waals surface area (Å²) in [6.45, 7) is 9.93. The third-order valence-corrected chi connectivity index (χ3v) is 6.08. The fourth-order valence-corrected chi connectivity index (χ4v) is 3.61. The molecule has 7 nitrogen and oxygen atoms in total. The van der Waals surface area contributed by atoms with Crippen molar-refractivity contribution in [1.29, 1.82) is 0 Å². The molecule has 2 unspecified atom stereocenters. The summed E-state index contributed by atoms with van der Waals surface area (Å²) in [5, 5.41) is 6.88. The van der Waals surface area contributed by atoms with Crippen LogP contribution in [0.4, 0.5) is 0 Å². The first-order chi connectivity index (χ1) is 13.3. The maximum atomic E-state index is 5.72. The fraction of sp³-hybridized carbons (Fsp3) is 0.667. The highest BCUT2D eigenvalue weighted by Gasteiger charge is 2.58. The standard InChI is InChI=1S/C21H35N3O4/c1-9-22-19(24-17-12-21(4,28-8)20(17,2)3)23-13-14-10-15(25-5)18(27-7)16(11-14)26-6/h10-11,17H,9,12-13H2,1-8H3,(H2,22,23,24). The van der Waals surface area contributed by atoms with E-state index >= 15 is 0 Å². The van der Waals surface area contributed by atoms with Crippen LogP contribution in [0.25, 0.3) is 0 Å². The average Bonchev–Trinajstić information content (AvgIpc) is 2.70. The van der Waals surface area contributed by atoms with Crippen LogP contribution in [0.15, 0.2) is 17.1 Å². The number of ether oxygens (including phenoxy) is 4. The van der Waals surface area contributed by atoms with E-state index in [1.807, 2.05) is 12.1 Å². The number of guanidine groups is 1. The lowest BCUT2D eigenvalue weighted by atomic mass is 9.56. The molecule has 0 aromatic heterocycles. The largest absolute Gasteiger partial charge is 0.493 e. The highest BCUT2D eigenvalue weighted by molar-refractivity contribution is 5.80. The summed E-state index contributed by atoms with van der Waals surface area (Å²) in [5.41, 5.74) is 0.852. The van der Waals surface area contributed by atoms with E-state index < -0.39 is 0 Å². The molecule has 2 atom stereocenters. The second-order valence-electron chi connectivity index (χ2n) is 7.79. The molecule has 0 spiro atoms. The molecule has 7 heteroatoms. The predicted octanol–water partition coefficient (Wildman–Crippen LogP) is 2.97. The maximum absolute atomic E-state index is 5.72. The van der Waals surface area contributed by atoms with Crippen LogP contribution < -0.4 is 24.8 Å². The molecule has 158 valence electrons. The van der Waals surface area contributed by atoms with E-state index in [1.54, 1.807) is 28.4 Å². The molecule has 0 heterocycles. The number of nitrogens with zero attached hydrogens (tertiary/aromatic N) is 1. The van der Waals surface area contributed by atoms with Crippen molar-refractivity contribution in [2.75, 3.05) is 35.0 Å². The smallest absolute Gasteiger partial charge is 0.203 e. The predicted molar refractivity (Wildman–Crippen MR) is 112 cm³/mol. The molecule has 0 radical (unpaired) electrons. The maximum Gasteiger partial charge on any atom is 0.203 e. The molecule has 1 aliphatic rings. The molecule has 1 fully saturated rings. The third kappa shape index (κ3) is 4.14. The van der Waals surface area contributed by atoms with Gasteiger partial charge in [0, 0.05) is 25.1 Å². The van der Waals surface area contributed by atoms with Gasteiger partial charge in [0.2, 0.25) is 5.75 Å².